The molecule has 1 aliphatic carbocycles. The number of imidazole rings is 1. The van der Waals surface area contributed by atoms with Crippen molar-refractivity contribution in [3.8, 4) is 0 Å². The minimum atomic E-state index is -2.26. The number of carbonyl (C=O) groups excluding carboxylic acids is 1. The van der Waals surface area contributed by atoms with Crippen molar-refractivity contribution in [1.82, 2.24) is 9.55 Å². The summed E-state index contributed by atoms with van der Waals surface area (Å²) in [5.41, 5.74) is 5.90. The standard InChI is InChI=1S/C25H23N3O2S.C2H6/c1-31(2,30)20-11-9-19(10-12-20)26-25-27-22-15-17(16-29)7-13-24(22)28(25)23-14-8-18-5-3-4-6-21(18)23;1-2/h3-7,9-13,15-16,23H,1,8,14H2,2H3,(H,26,27);1-2H3. The van der Waals surface area contributed by atoms with Gasteiger partial charge in [-0.05, 0) is 81.8 Å². The fourth-order valence-electron chi connectivity index (χ4n) is 4.35. The Morgan fingerprint density at radius 1 is 1.09 bits per heavy atom. The van der Waals surface area contributed by atoms with Gasteiger partial charge in [-0.1, -0.05) is 38.1 Å². The van der Waals surface area contributed by atoms with Crippen molar-refractivity contribution < 1.29 is 9.00 Å². The van der Waals surface area contributed by atoms with E-state index in [1.54, 1.807) is 6.26 Å². The summed E-state index contributed by atoms with van der Waals surface area (Å²) in [4.78, 5) is 16.8. The molecular weight excluding hydrogens is 430 g/mol. The number of anilines is 2. The van der Waals surface area contributed by atoms with Gasteiger partial charge < -0.3 is 9.88 Å². The Bertz CT molecular complexity index is 1400. The number of aldehydes is 1. The van der Waals surface area contributed by atoms with Crippen LogP contribution in [-0.2, 0) is 15.9 Å². The van der Waals surface area contributed by atoms with Gasteiger partial charge in [-0.2, -0.15) is 0 Å². The van der Waals surface area contributed by atoms with Crippen LogP contribution in [0.3, 0.4) is 0 Å². The lowest BCUT2D eigenvalue weighted by atomic mass is 10.1. The van der Waals surface area contributed by atoms with Crippen LogP contribution in [0.2, 0.25) is 0 Å². The molecule has 0 saturated heterocycles. The Morgan fingerprint density at radius 3 is 2.52 bits per heavy atom. The van der Waals surface area contributed by atoms with Crippen molar-refractivity contribution >= 4 is 44.3 Å². The summed E-state index contributed by atoms with van der Waals surface area (Å²) in [7, 11) is -2.26. The summed E-state index contributed by atoms with van der Waals surface area (Å²) in [5.74, 6) is 4.47. The van der Waals surface area contributed by atoms with E-state index < -0.39 is 9.52 Å². The lowest BCUT2D eigenvalue weighted by molar-refractivity contribution is 0.112. The van der Waals surface area contributed by atoms with Gasteiger partial charge in [-0.3, -0.25) is 9.00 Å². The van der Waals surface area contributed by atoms with Crippen molar-refractivity contribution in [3.05, 3.63) is 83.4 Å². The highest BCUT2D eigenvalue weighted by atomic mass is 32.2. The van der Waals surface area contributed by atoms with Gasteiger partial charge in [0.1, 0.15) is 6.29 Å². The molecule has 1 aliphatic rings. The zero-order chi connectivity index (χ0) is 23.6. The summed E-state index contributed by atoms with van der Waals surface area (Å²) in [6, 6.07) is 21.8. The van der Waals surface area contributed by atoms with Crippen molar-refractivity contribution in [2.24, 2.45) is 0 Å². The van der Waals surface area contributed by atoms with E-state index in [4.69, 9.17) is 4.98 Å². The van der Waals surface area contributed by atoms with Crippen molar-refractivity contribution in [1.29, 1.82) is 0 Å². The smallest absolute Gasteiger partial charge is 0.209 e. The molecule has 0 fully saturated rings. The highest BCUT2D eigenvalue weighted by Crippen LogP contribution is 2.39. The summed E-state index contributed by atoms with van der Waals surface area (Å²) >= 11 is 0. The minimum Gasteiger partial charge on any atom is -0.326 e. The molecule has 3 aromatic carbocycles. The molecule has 5 rings (SSSR count). The maximum Gasteiger partial charge on any atom is 0.209 e. The zero-order valence-electron chi connectivity index (χ0n) is 19.2. The van der Waals surface area contributed by atoms with Gasteiger partial charge in [0.05, 0.1) is 17.1 Å². The van der Waals surface area contributed by atoms with Gasteiger partial charge in [-0.25, -0.2) is 4.98 Å². The quantitative estimate of drug-likeness (QED) is 0.300. The number of nitrogens with zero attached hydrogens (tertiary/aromatic N) is 2. The number of hydrogen-bond donors (Lipinski definition) is 1. The maximum absolute atomic E-state index is 12.2. The molecule has 0 bridgehead atoms. The van der Waals surface area contributed by atoms with Crippen LogP contribution < -0.4 is 5.32 Å². The normalized spacial score (nSPS) is 16.4. The molecule has 0 spiro atoms. The molecule has 0 radical (unpaired) electrons. The fourth-order valence-corrected chi connectivity index (χ4v) is 5.06. The van der Waals surface area contributed by atoms with Gasteiger partial charge in [0.15, 0.2) is 0 Å². The molecule has 170 valence electrons. The van der Waals surface area contributed by atoms with Gasteiger partial charge >= 0.3 is 0 Å². The maximum atomic E-state index is 12.2. The second-order valence-corrected chi connectivity index (χ2v) is 10.6. The van der Waals surface area contributed by atoms with Crippen LogP contribution in [0.5, 0.6) is 0 Å². The average Bonchev–Trinajstić information content (AvgIpc) is 3.40. The molecule has 2 atom stereocenters. The van der Waals surface area contributed by atoms with Crippen LogP contribution >= 0.6 is 0 Å². The number of nitrogens with one attached hydrogen (secondary N) is 1. The molecule has 1 N–H and O–H groups in total. The Balaban J connectivity index is 0.00000126. The number of fused-ring (bicyclic) bond motifs is 2. The average molecular weight is 460 g/mol. The van der Waals surface area contributed by atoms with E-state index in [1.807, 2.05) is 56.3 Å². The van der Waals surface area contributed by atoms with Gasteiger partial charge in [0, 0.05) is 22.4 Å². The number of hydrogen-bond acceptors (Lipinski definition) is 4. The molecule has 1 heterocycles. The van der Waals surface area contributed by atoms with Crippen LogP contribution in [0.25, 0.3) is 11.0 Å². The third-order valence-electron chi connectivity index (χ3n) is 5.87. The third-order valence-corrected chi connectivity index (χ3v) is 7.14. The van der Waals surface area contributed by atoms with Crippen LogP contribution in [0.1, 0.15) is 47.8 Å². The highest BCUT2D eigenvalue weighted by Gasteiger charge is 2.27. The zero-order valence-corrected chi connectivity index (χ0v) is 20.1. The monoisotopic (exact) mass is 459 g/mol. The molecule has 0 amide bonds. The second kappa shape index (κ2) is 9.24. The Kier molecular flexibility index (Phi) is 6.38. The molecular formula is C27H29N3O2S. The molecule has 0 aliphatic heterocycles. The number of aryl methyl sites for hydroxylation is 1. The first-order valence-electron chi connectivity index (χ1n) is 11.2. The van der Waals surface area contributed by atoms with Crippen molar-refractivity contribution in [2.75, 3.05) is 11.6 Å². The van der Waals surface area contributed by atoms with Crippen LogP contribution in [0, 0.1) is 0 Å². The Morgan fingerprint density at radius 2 is 1.82 bits per heavy atom. The Labute approximate surface area is 195 Å². The lowest BCUT2D eigenvalue weighted by Gasteiger charge is -2.19. The molecule has 5 nitrogen and oxygen atoms in total. The number of benzene rings is 3. The first kappa shape index (κ1) is 22.8. The number of carbonyl (C=O) groups is 1. The van der Waals surface area contributed by atoms with Crippen molar-refractivity contribution in [2.45, 2.75) is 37.6 Å². The third kappa shape index (κ3) is 4.44. The van der Waals surface area contributed by atoms with E-state index in [-0.39, 0.29) is 6.04 Å². The van der Waals surface area contributed by atoms with Crippen LogP contribution in [0.15, 0.2) is 71.6 Å². The van der Waals surface area contributed by atoms with Gasteiger partial charge in [-0.15, -0.1) is 0 Å². The van der Waals surface area contributed by atoms with E-state index >= 15 is 0 Å². The predicted octanol–water partition coefficient (Wildman–Crippen LogP) is 5.86. The summed E-state index contributed by atoms with van der Waals surface area (Å²) < 4.78 is 14.4. The number of rotatable bonds is 5. The predicted molar refractivity (Wildman–Crippen MR) is 139 cm³/mol. The lowest BCUT2D eigenvalue weighted by Crippen LogP contribution is -2.11. The molecule has 0 saturated carbocycles. The SMILES string of the molecule is C=S(C)(=O)c1ccc(Nc2nc3cc(C=O)ccc3n2C2CCc3ccccc32)cc1.CC. The van der Waals surface area contributed by atoms with E-state index in [0.717, 1.165) is 41.8 Å². The second-order valence-electron chi connectivity index (χ2n) is 8.08. The van der Waals surface area contributed by atoms with Gasteiger partial charge in [0.25, 0.3) is 0 Å². The molecule has 1 aromatic heterocycles. The summed E-state index contributed by atoms with van der Waals surface area (Å²) in [6.07, 6.45) is 4.50. The molecule has 2 unspecified atom stereocenters. The highest BCUT2D eigenvalue weighted by molar-refractivity contribution is 7.99. The van der Waals surface area contributed by atoms with E-state index in [1.165, 1.54) is 11.1 Å². The Hall–Kier alpha value is -3.38. The molecule has 6 heteroatoms. The van der Waals surface area contributed by atoms with E-state index in [2.05, 4.69) is 40.0 Å². The largest absolute Gasteiger partial charge is 0.326 e. The molecule has 4 aromatic rings. The topological polar surface area (TPSA) is 64.0 Å². The van der Waals surface area contributed by atoms with E-state index in [0.29, 0.717) is 10.5 Å². The van der Waals surface area contributed by atoms with Crippen LogP contribution in [-0.4, -0.2) is 32.2 Å². The van der Waals surface area contributed by atoms with Crippen molar-refractivity contribution in [3.63, 3.8) is 0 Å². The summed E-state index contributed by atoms with van der Waals surface area (Å²) in [6.45, 7) is 4.00. The van der Waals surface area contributed by atoms with E-state index in [9.17, 15) is 9.00 Å². The fraction of sp³-hybridized carbons (Fsp3) is 0.222. The summed E-state index contributed by atoms with van der Waals surface area (Å²) in [5, 5.41) is 3.44. The van der Waals surface area contributed by atoms with Gasteiger partial charge in [0.2, 0.25) is 5.95 Å². The molecule has 33 heavy (non-hydrogen) atoms. The first-order valence-corrected chi connectivity index (χ1v) is 13.3. The van der Waals surface area contributed by atoms with Crippen LogP contribution in [0.4, 0.5) is 11.6 Å². The minimum absolute atomic E-state index is 0.166. The number of aromatic nitrogens is 2. The first-order chi connectivity index (χ1) is 15.9.